The van der Waals surface area contributed by atoms with E-state index in [1.165, 1.54) is 11.3 Å². The largest absolute Gasteiger partial charge is 0.393 e. The maximum absolute atomic E-state index is 11.0. The van der Waals surface area contributed by atoms with Crippen LogP contribution in [-0.2, 0) is 14.3 Å². The minimum atomic E-state index is -0.447. The van der Waals surface area contributed by atoms with Gasteiger partial charge in [0.25, 0.3) is 0 Å². The molecule has 0 aliphatic carbocycles. The number of nitrogens with zero attached hydrogens (tertiary/aromatic N) is 1. The van der Waals surface area contributed by atoms with E-state index in [4.69, 9.17) is 0 Å². The summed E-state index contributed by atoms with van der Waals surface area (Å²) in [6, 6.07) is 0. The second kappa shape index (κ2) is 3.49. The molecule has 0 saturated carbocycles. The Labute approximate surface area is 84.9 Å². The van der Waals surface area contributed by atoms with E-state index in [2.05, 4.69) is 9.72 Å². The molecule has 1 saturated heterocycles. The number of ether oxygens (including phenoxy) is 1. The maximum atomic E-state index is 11.0. The summed E-state index contributed by atoms with van der Waals surface area (Å²) in [4.78, 5) is 26.3. The lowest BCUT2D eigenvalue weighted by Gasteiger charge is -2.17. The normalized spacial score (nSPS) is 18.4. The molecule has 1 fully saturated rings. The highest BCUT2D eigenvalue weighted by Crippen LogP contribution is 2.28. The molecule has 1 aliphatic heterocycles. The zero-order valence-electron chi connectivity index (χ0n) is 7.65. The number of carbonyl (C=O) groups is 2. The van der Waals surface area contributed by atoms with Crippen molar-refractivity contribution in [2.45, 2.75) is 25.7 Å². The molecule has 0 atom stereocenters. The summed E-state index contributed by atoms with van der Waals surface area (Å²) in [7, 11) is 0. The quantitative estimate of drug-likeness (QED) is 0.520. The van der Waals surface area contributed by atoms with E-state index in [9.17, 15) is 9.59 Å². The van der Waals surface area contributed by atoms with Gasteiger partial charge in [-0.3, -0.25) is 9.59 Å². The molecule has 5 heteroatoms. The van der Waals surface area contributed by atoms with Crippen molar-refractivity contribution in [3.63, 3.8) is 0 Å². The fourth-order valence-corrected chi connectivity index (χ4v) is 2.16. The summed E-state index contributed by atoms with van der Waals surface area (Å²) in [5, 5.41) is 2.85. The number of rotatable bonds is 1. The van der Waals surface area contributed by atoms with Gasteiger partial charge >= 0.3 is 11.9 Å². The Morgan fingerprint density at radius 1 is 1.43 bits per heavy atom. The topological polar surface area (TPSA) is 56.3 Å². The summed E-state index contributed by atoms with van der Waals surface area (Å²) in [6.45, 7) is 1.90. The molecule has 2 heterocycles. The lowest BCUT2D eigenvalue weighted by atomic mass is 9.97. The van der Waals surface area contributed by atoms with Crippen LogP contribution >= 0.6 is 11.3 Å². The molecule has 0 amide bonds. The molecule has 0 bridgehead atoms. The molecule has 1 aromatic rings. The molecule has 0 N–H and O–H groups in total. The summed E-state index contributed by atoms with van der Waals surface area (Å²) < 4.78 is 4.44. The Kier molecular flexibility index (Phi) is 2.33. The number of aryl methyl sites for hydroxylation is 1. The SMILES string of the molecule is Cc1nc(C2CC(=O)OC(=O)C2)cs1. The van der Waals surface area contributed by atoms with Gasteiger partial charge in [-0.25, -0.2) is 4.98 Å². The highest BCUT2D eigenvalue weighted by molar-refractivity contribution is 7.09. The summed E-state index contributed by atoms with van der Waals surface area (Å²) in [5.74, 6) is -0.984. The fraction of sp³-hybridized carbons (Fsp3) is 0.444. The van der Waals surface area contributed by atoms with Gasteiger partial charge < -0.3 is 4.74 Å². The molecule has 74 valence electrons. The summed E-state index contributed by atoms with van der Waals surface area (Å²) in [5.41, 5.74) is 0.831. The Bertz CT molecular complexity index is 369. The zero-order valence-corrected chi connectivity index (χ0v) is 8.47. The number of hydrogen-bond donors (Lipinski definition) is 0. The van der Waals surface area contributed by atoms with Gasteiger partial charge in [-0.15, -0.1) is 11.3 Å². The van der Waals surface area contributed by atoms with E-state index in [-0.39, 0.29) is 18.8 Å². The minimum absolute atomic E-state index is 0.0892. The molecule has 1 aliphatic rings. The van der Waals surface area contributed by atoms with E-state index in [0.29, 0.717) is 0 Å². The van der Waals surface area contributed by atoms with Gasteiger partial charge in [0.1, 0.15) is 0 Å². The van der Waals surface area contributed by atoms with E-state index in [0.717, 1.165) is 10.7 Å². The van der Waals surface area contributed by atoms with Gasteiger partial charge in [0, 0.05) is 11.3 Å². The molecular weight excluding hydrogens is 202 g/mol. The molecule has 0 radical (unpaired) electrons. The third-order valence-electron chi connectivity index (χ3n) is 2.11. The molecule has 0 unspecified atom stereocenters. The van der Waals surface area contributed by atoms with Crippen LogP contribution in [0.5, 0.6) is 0 Å². The molecule has 14 heavy (non-hydrogen) atoms. The van der Waals surface area contributed by atoms with Gasteiger partial charge in [-0.2, -0.15) is 0 Å². The van der Waals surface area contributed by atoms with Crippen LogP contribution in [0.15, 0.2) is 5.38 Å². The van der Waals surface area contributed by atoms with Crippen molar-refractivity contribution >= 4 is 23.3 Å². The van der Waals surface area contributed by atoms with Crippen molar-refractivity contribution in [3.8, 4) is 0 Å². The maximum Gasteiger partial charge on any atom is 0.314 e. The summed E-state index contributed by atoms with van der Waals surface area (Å²) in [6.07, 6.45) is 0.518. The Hall–Kier alpha value is -1.23. The molecule has 4 nitrogen and oxygen atoms in total. The van der Waals surface area contributed by atoms with Gasteiger partial charge in [-0.05, 0) is 6.92 Å². The van der Waals surface area contributed by atoms with E-state index in [1.807, 2.05) is 12.3 Å². The van der Waals surface area contributed by atoms with Crippen molar-refractivity contribution in [1.29, 1.82) is 0 Å². The van der Waals surface area contributed by atoms with Gasteiger partial charge in [-0.1, -0.05) is 0 Å². The third kappa shape index (κ3) is 1.82. The van der Waals surface area contributed by atoms with Crippen LogP contribution in [0.3, 0.4) is 0 Å². The van der Waals surface area contributed by atoms with Gasteiger partial charge in [0.15, 0.2) is 0 Å². The van der Waals surface area contributed by atoms with Gasteiger partial charge in [0.05, 0.1) is 23.5 Å². The van der Waals surface area contributed by atoms with Crippen LogP contribution in [0, 0.1) is 6.92 Å². The van der Waals surface area contributed by atoms with Crippen molar-refractivity contribution in [3.05, 3.63) is 16.1 Å². The van der Waals surface area contributed by atoms with Crippen molar-refractivity contribution in [1.82, 2.24) is 4.98 Å². The monoisotopic (exact) mass is 211 g/mol. The standard InChI is InChI=1S/C9H9NO3S/c1-5-10-7(4-14-5)6-2-8(11)13-9(12)3-6/h4,6H,2-3H2,1H3. The highest BCUT2D eigenvalue weighted by Gasteiger charge is 2.29. The Morgan fingerprint density at radius 2 is 2.07 bits per heavy atom. The number of esters is 2. The number of thiazole rings is 1. The predicted octanol–water partition coefficient (Wildman–Crippen LogP) is 1.40. The second-order valence-electron chi connectivity index (χ2n) is 3.24. The third-order valence-corrected chi connectivity index (χ3v) is 2.90. The Morgan fingerprint density at radius 3 is 2.57 bits per heavy atom. The zero-order chi connectivity index (χ0) is 10.1. The van der Waals surface area contributed by atoms with Crippen molar-refractivity contribution < 1.29 is 14.3 Å². The lowest BCUT2D eigenvalue weighted by molar-refractivity contribution is -0.164. The molecule has 0 aromatic carbocycles. The number of aromatic nitrogens is 1. The van der Waals surface area contributed by atoms with Crippen molar-refractivity contribution in [2.75, 3.05) is 0 Å². The minimum Gasteiger partial charge on any atom is -0.393 e. The van der Waals surface area contributed by atoms with Crippen molar-refractivity contribution in [2.24, 2.45) is 0 Å². The molecular formula is C9H9NO3S. The smallest absolute Gasteiger partial charge is 0.314 e. The van der Waals surface area contributed by atoms with Crippen LogP contribution in [-0.4, -0.2) is 16.9 Å². The highest BCUT2D eigenvalue weighted by atomic mass is 32.1. The van der Waals surface area contributed by atoms with Gasteiger partial charge in [0.2, 0.25) is 0 Å². The lowest BCUT2D eigenvalue weighted by Crippen LogP contribution is -2.24. The molecule has 2 rings (SSSR count). The first-order valence-corrected chi connectivity index (χ1v) is 5.18. The van der Waals surface area contributed by atoms with Crippen LogP contribution in [0.4, 0.5) is 0 Å². The summed E-state index contributed by atoms with van der Waals surface area (Å²) >= 11 is 1.53. The first-order chi connectivity index (χ1) is 6.65. The van der Waals surface area contributed by atoms with Crippen LogP contribution in [0.25, 0.3) is 0 Å². The average Bonchev–Trinajstić information content (AvgIpc) is 2.50. The number of carbonyl (C=O) groups excluding carboxylic acids is 2. The predicted molar refractivity (Wildman–Crippen MR) is 49.9 cm³/mol. The average molecular weight is 211 g/mol. The second-order valence-corrected chi connectivity index (χ2v) is 4.30. The fourth-order valence-electron chi connectivity index (χ4n) is 1.46. The van der Waals surface area contributed by atoms with E-state index >= 15 is 0 Å². The first-order valence-electron chi connectivity index (χ1n) is 4.30. The van der Waals surface area contributed by atoms with E-state index < -0.39 is 11.9 Å². The van der Waals surface area contributed by atoms with Crippen LogP contribution in [0.1, 0.15) is 29.5 Å². The number of hydrogen-bond acceptors (Lipinski definition) is 5. The molecule has 1 aromatic heterocycles. The van der Waals surface area contributed by atoms with E-state index in [1.54, 1.807) is 0 Å². The molecule has 0 spiro atoms. The first kappa shape index (κ1) is 9.33. The Balaban J connectivity index is 2.18. The number of cyclic esters (lactones) is 2. The van der Waals surface area contributed by atoms with Crippen LogP contribution in [0.2, 0.25) is 0 Å². The van der Waals surface area contributed by atoms with Crippen LogP contribution < -0.4 is 0 Å².